The van der Waals surface area contributed by atoms with Crippen LogP contribution in [0.5, 0.6) is 5.75 Å². The van der Waals surface area contributed by atoms with Gasteiger partial charge in [-0.1, -0.05) is 42.5 Å². The van der Waals surface area contributed by atoms with Gasteiger partial charge >= 0.3 is 0 Å². The molecule has 3 nitrogen and oxygen atoms in total. The molecular weight excluding hydrogens is 260 g/mol. The molecule has 1 heterocycles. The van der Waals surface area contributed by atoms with Crippen LogP contribution in [0.15, 0.2) is 59.6 Å². The van der Waals surface area contributed by atoms with Crippen LogP contribution in [-0.4, -0.2) is 35.4 Å². The maximum Gasteiger partial charge on any atom is 0.124 e. The third kappa shape index (κ3) is 3.70. The summed E-state index contributed by atoms with van der Waals surface area (Å²) in [6.45, 7) is 3.06. The van der Waals surface area contributed by atoms with Crippen LogP contribution in [0.25, 0.3) is 0 Å². The number of likely N-dealkylation sites (tertiary alicyclic amines) is 1. The fourth-order valence-corrected chi connectivity index (χ4v) is 2.70. The van der Waals surface area contributed by atoms with E-state index >= 15 is 0 Å². The first kappa shape index (κ1) is 13.8. The van der Waals surface area contributed by atoms with Crippen LogP contribution in [0.3, 0.4) is 0 Å². The lowest BCUT2D eigenvalue weighted by Crippen LogP contribution is -2.21. The molecule has 0 aromatic heterocycles. The van der Waals surface area contributed by atoms with Crippen LogP contribution in [0.2, 0.25) is 0 Å². The van der Waals surface area contributed by atoms with Gasteiger partial charge < -0.3 is 5.11 Å². The van der Waals surface area contributed by atoms with Crippen molar-refractivity contribution in [2.75, 3.05) is 13.1 Å². The maximum absolute atomic E-state index is 9.73. The van der Waals surface area contributed by atoms with Gasteiger partial charge in [0.2, 0.25) is 0 Å². The Balaban J connectivity index is 1.56. The summed E-state index contributed by atoms with van der Waals surface area (Å²) in [5.74, 6) is 0.292. The number of rotatable bonds is 4. The van der Waals surface area contributed by atoms with Crippen molar-refractivity contribution in [2.24, 2.45) is 4.99 Å². The molecule has 2 aromatic rings. The second kappa shape index (κ2) is 6.55. The van der Waals surface area contributed by atoms with Gasteiger partial charge in [-0.3, -0.25) is 9.89 Å². The van der Waals surface area contributed by atoms with Crippen LogP contribution in [0.1, 0.15) is 17.5 Å². The first-order valence-electron chi connectivity index (χ1n) is 7.39. The average Bonchev–Trinajstić information content (AvgIpc) is 2.95. The summed E-state index contributed by atoms with van der Waals surface area (Å²) in [4.78, 5) is 7.05. The number of benzene rings is 2. The maximum atomic E-state index is 9.73. The van der Waals surface area contributed by atoms with E-state index in [9.17, 15) is 5.11 Å². The van der Waals surface area contributed by atoms with Gasteiger partial charge in [0.1, 0.15) is 5.75 Å². The standard InChI is InChI=1S/C18H20N2O/c21-18-9-5-4-8-16(18)12-19-17-10-11-20(14-17)13-15-6-2-1-3-7-15/h1-9,12,17,21H,10-11,13-14H2/t17-/m0/s1. The van der Waals surface area contributed by atoms with E-state index in [0.29, 0.717) is 11.8 Å². The summed E-state index contributed by atoms with van der Waals surface area (Å²) >= 11 is 0. The molecule has 1 fully saturated rings. The van der Waals surface area contributed by atoms with Crippen LogP contribution in [-0.2, 0) is 6.54 Å². The van der Waals surface area contributed by atoms with Crippen molar-refractivity contribution in [3.63, 3.8) is 0 Å². The van der Waals surface area contributed by atoms with E-state index in [4.69, 9.17) is 0 Å². The Morgan fingerprint density at radius 1 is 1.10 bits per heavy atom. The lowest BCUT2D eigenvalue weighted by molar-refractivity contribution is 0.327. The summed E-state index contributed by atoms with van der Waals surface area (Å²) < 4.78 is 0. The van der Waals surface area contributed by atoms with Gasteiger partial charge in [0.15, 0.2) is 0 Å². The van der Waals surface area contributed by atoms with Crippen LogP contribution < -0.4 is 0 Å². The van der Waals surface area contributed by atoms with Crippen LogP contribution in [0.4, 0.5) is 0 Å². The number of hydrogen-bond acceptors (Lipinski definition) is 3. The van der Waals surface area contributed by atoms with Gasteiger partial charge in [-0.25, -0.2) is 0 Å². The van der Waals surface area contributed by atoms with Gasteiger partial charge in [-0.2, -0.15) is 0 Å². The van der Waals surface area contributed by atoms with Crippen molar-refractivity contribution in [3.8, 4) is 5.75 Å². The topological polar surface area (TPSA) is 35.8 Å². The minimum atomic E-state index is 0.292. The largest absolute Gasteiger partial charge is 0.507 e. The van der Waals surface area contributed by atoms with Crippen molar-refractivity contribution in [2.45, 2.75) is 19.0 Å². The van der Waals surface area contributed by atoms with E-state index in [1.165, 1.54) is 5.56 Å². The zero-order valence-corrected chi connectivity index (χ0v) is 12.0. The second-order valence-electron chi connectivity index (χ2n) is 5.50. The van der Waals surface area contributed by atoms with E-state index in [2.05, 4.69) is 34.2 Å². The van der Waals surface area contributed by atoms with Crippen molar-refractivity contribution in [3.05, 3.63) is 65.7 Å². The fraction of sp³-hybridized carbons (Fsp3) is 0.278. The Hall–Kier alpha value is -2.13. The number of phenols is 1. The highest BCUT2D eigenvalue weighted by Gasteiger charge is 2.21. The average molecular weight is 280 g/mol. The Morgan fingerprint density at radius 2 is 1.86 bits per heavy atom. The molecule has 0 radical (unpaired) electrons. The molecule has 1 aliphatic heterocycles. The first-order chi connectivity index (χ1) is 10.3. The Labute approximate surface area is 125 Å². The Bertz CT molecular complexity index is 610. The molecule has 0 unspecified atom stereocenters. The van der Waals surface area contributed by atoms with Crippen molar-refractivity contribution >= 4 is 6.21 Å². The predicted octanol–water partition coefficient (Wildman–Crippen LogP) is 3.09. The predicted molar refractivity (Wildman–Crippen MR) is 85.8 cm³/mol. The number of para-hydroxylation sites is 1. The zero-order valence-electron chi connectivity index (χ0n) is 12.0. The van der Waals surface area contributed by atoms with Crippen LogP contribution in [0, 0.1) is 0 Å². The molecule has 0 saturated carbocycles. The molecule has 0 spiro atoms. The summed E-state index contributed by atoms with van der Waals surface area (Å²) in [5.41, 5.74) is 2.14. The summed E-state index contributed by atoms with van der Waals surface area (Å²) in [6.07, 6.45) is 2.88. The summed E-state index contributed by atoms with van der Waals surface area (Å²) in [6, 6.07) is 18.2. The fourth-order valence-electron chi connectivity index (χ4n) is 2.70. The van der Waals surface area contributed by atoms with E-state index in [1.807, 2.05) is 24.3 Å². The SMILES string of the molecule is Oc1ccccc1C=N[C@H]1CCN(Cc2ccccc2)C1. The molecule has 1 aliphatic rings. The number of aromatic hydroxyl groups is 1. The van der Waals surface area contributed by atoms with Gasteiger partial charge in [-0.15, -0.1) is 0 Å². The highest BCUT2D eigenvalue weighted by molar-refractivity contribution is 5.83. The van der Waals surface area contributed by atoms with E-state index < -0.39 is 0 Å². The third-order valence-electron chi connectivity index (χ3n) is 3.86. The molecule has 0 bridgehead atoms. The molecule has 3 heteroatoms. The molecule has 1 atom stereocenters. The molecule has 108 valence electrons. The third-order valence-corrected chi connectivity index (χ3v) is 3.86. The smallest absolute Gasteiger partial charge is 0.124 e. The lowest BCUT2D eigenvalue weighted by atomic mass is 10.2. The minimum Gasteiger partial charge on any atom is -0.507 e. The molecule has 1 N–H and O–H groups in total. The van der Waals surface area contributed by atoms with Crippen molar-refractivity contribution in [1.82, 2.24) is 4.90 Å². The van der Waals surface area contributed by atoms with Gasteiger partial charge in [0.05, 0.1) is 6.04 Å². The molecule has 1 saturated heterocycles. The number of hydrogen-bond donors (Lipinski definition) is 1. The number of phenolic OH excluding ortho intramolecular Hbond substituents is 1. The zero-order chi connectivity index (χ0) is 14.5. The first-order valence-corrected chi connectivity index (χ1v) is 7.39. The monoisotopic (exact) mass is 280 g/mol. The quantitative estimate of drug-likeness (QED) is 0.874. The Morgan fingerprint density at radius 3 is 2.67 bits per heavy atom. The summed E-state index contributed by atoms with van der Waals surface area (Å²) in [5, 5.41) is 9.73. The van der Waals surface area contributed by atoms with Gasteiger partial charge in [-0.05, 0) is 24.1 Å². The van der Waals surface area contributed by atoms with E-state index in [-0.39, 0.29) is 0 Å². The number of nitrogens with zero attached hydrogens (tertiary/aromatic N) is 2. The van der Waals surface area contributed by atoms with Crippen molar-refractivity contribution < 1.29 is 5.11 Å². The molecule has 21 heavy (non-hydrogen) atoms. The molecule has 0 amide bonds. The molecular formula is C18H20N2O. The molecule has 0 aliphatic carbocycles. The highest BCUT2D eigenvalue weighted by atomic mass is 16.3. The highest BCUT2D eigenvalue weighted by Crippen LogP contribution is 2.17. The Kier molecular flexibility index (Phi) is 4.31. The lowest BCUT2D eigenvalue weighted by Gasteiger charge is -2.14. The molecule has 3 rings (SSSR count). The second-order valence-corrected chi connectivity index (χ2v) is 5.50. The van der Waals surface area contributed by atoms with E-state index in [0.717, 1.165) is 31.6 Å². The van der Waals surface area contributed by atoms with Gasteiger partial charge in [0.25, 0.3) is 0 Å². The normalized spacial score (nSPS) is 19.3. The molecule has 2 aromatic carbocycles. The van der Waals surface area contributed by atoms with Crippen molar-refractivity contribution in [1.29, 1.82) is 0 Å². The van der Waals surface area contributed by atoms with Crippen LogP contribution >= 0.6 is 0 Å². The van der Waals surface area contributed by atoms with E-state index in [1.54, 1.807) is 12.3 Å². The summed E-state index contributed by atoms with van der Waals surface area (Å²) in [7, 11) is 0. The van der Waals surface area contributed by atoms with Gasteiger partial charge in [0, 0.05) is 31.4 Å². The minimum absolute atomic E-state index is 0.292. The number of aliphatic imine (C=N–C) groups is 1.